The van der Waals surface area contributed by atoms with Crippen LogP contribution >= 0.6 is 11.3 Å². The zero-order valence-electron chi connectivity index (χ0n) is 14.8. The fourth-order valence-electron chi connectivity index (χ4n) is 2.72. The summed E-state index contributed by atoms with van der Waals surface area (Å²) in [5.41, 5.74) is 2.85. The Morgan fingerprint density at radius 3 is 2.81 bits per heavy atom. The van der Waals surface area contributed by atoms with Gasteiger partial charge in [-0.1, -0.05) is 6.07 Å². The smallest absolute Gasteiger partial charge is 0.257 e. The fourth-order valence-corrected chi connectivity index (χ4v) is 3.64. The molecule has 0 bridgehead atoms. The highest BCUT2D eigenvalue weighted by atomic mass is 32.1. The minimum atomic E-state index is -2.39. The van der Waals surface area contributed by atoms with Crippen LogP contribution in [0.15, 0.2) is 42.6 Å². The van der Waals surface area contributed by atoms with Crippen molar-refractivity contribution in [2.75, 3.05) is 0 Å². The van der Waals surface area contributed by atoms with Gasteiger partial charge in [-0.15, -0.1) is 11.3 Å². The van der Waals surface area contributed by atoms with E-state index in [0.29, 0.717) is 6.04 Å². The molecule has 0 aliphatic heterocycles. The Balaban J connectivity index is 1.54. The molecule has 0 radical (unpaired) electrons. The van der Waals surface area contributed by atoms with E-state index in [-0.39, 0.29) is 6.54 Å². The van der Waals surface area contributed by atoms with Crippen LogP contribution in [-0.2, 0) is 19.5 Å². The monoisotopic (exact) mass is 376 g/mol. The molecule has 26 heavy (non-hydrogen) atoms. The minimum Gasteiger partial charge on any atom is -0.309 e. The van der Waals surface area contributed by atoms with Gasteiger partial charge in [-0.3, -0.25) is 9.67 Å². The number of pyridine rings is 1. The van der Waals surface area contributed by atoms with Gasteiger partial charge in [0.15, 0.2) is 0 Å². The molecule has 3 aromatic heterocycles. The van der Waals surface area contributed by atoms with E-state index in [0.717, 1.165) is 34.9 Å². The van der Waals surface area contributed by atoms with Gasteiger partial charge >= 0.3 is 0 Å². The van der Waals surface area contributed by atoms with E-state index in [1.54, 1.807) is 23.6 Å². The molecule has 1 atom stereocenters. The van der Waals surface area contributed by atoms with Crippen LogP contribution in [0.2, 0.25) is 0 Å². The molecule has 0 aromatic carbocycles. The first-order valence-corrected chi connectivity index (χ1v) is 9.38. The minimum absolute atomic E-state index is 0.306. The Kier molecular flexibility index (Phi) is 6.11. The molecule has 0 unspecified atom stereocenters. The number of aromatic nitrogens is 3. The molecule has 3 aromatic rings. The molecule has 1 N–H and O–H groups in total. The second-order valence-corrected chi connectivity index (χ2v) is 7.50. The number of halogens is 2. The van der Waals surface area contributed by atoms with E-state index in [2.05, 4.69) is 28.4 Å². The van der Waals surface area contributed by atoms with E-state index < -0.39 is 6.43 Å². The lowest BCUT2D eigenvalue weighted by molar-refractivity contribution is 0.122. The van der Waals surface area contributed by atoms with Crippen LogP contribution in [0.4, 0.5) is 8.78 Å². The van der Waals surface area contributed by atoms with Crippen molar-refractivity contribution in [3.05, 3.63) is 58.9 Å². The van der Waals surface area contributed by atoms with Crippen molar-refractivity contribution >= 4 is 11.3 Å². The van der Waals surface area contributed by atoms with Gasteiger partial charge in [0.05, 0.1) is 4.88 Å². The number of rotatable bonds is 8. The molecule has 7 heteroatoms. The van der Waals surface area contributed by atoms with Crippen molar-refractivity contribution < 1.29 is 8.78 Å². The van der Waals surface area contributed by atoms with Crippen molar-refractivity contribution in [1.82, 2.24) is 20.1 Å². The molecule has 3 rings (SSSR count). The Labute approximate surface area is 155 Å². The maximum atomic E-state index is 12.4. The Morgan fingerprint density at radius 1 is 1.19 bits per heavy atom. The normalized spacial score (nSPS) is 12.7. The highest BCUT2D eigenvalue weighted by Gasteiger charge is 2.10. The van der Waals surface area contributed by atoms with Crippen molar-refractivity contribution in [3.63, 3.8) is 0 Å². The van der Waals surface area contributed by atoms with Crippen molar-refractivity contribution in [3.8, 4) is 10.6 Å². The second-order valence-electron chi connectivity index (χ2n) is 6.34. The molecule has 0 saturated carbocycles. The van der Waals surface area contributed by atoms with E-state index in [1.165, 1.54) is 9.56 Å². The number of nitrogens with one attached hydrogen (secondary N) is 1. The first-order chi connectivity index (χ1) is 12.5. The number of aryl methyl sites for hydroxylation is 1. The summed E-state index contributed by atoms with van der Waals surface area (Å²) in [6.07, 6.45) is 0.0730. The van der Waals surface area contributed by atoms with Crippen LogP contribution in [-0.4, -0.2) is 27.2 Å². The lowest BCUT2D eigenvalue weighted by atomic mass is 10.1. The average Bonchev–Trinajstić information content (AvgIpc) is 3.21. The first kappa shape index (κ1) is 18.7. The largest absolute Gasteiger partial charge is 0.309 e. The summed E-state index contributed by atoms with van der Waals surface area (Å²) in [7, 11) is 0. The van der Waals surface area contributed by atoms with E-state index in [1.807, 2.05) is 31.2 Å². The van der Waals surface area contributed by atoms with Crippen LogP contribution < -0.4 is 5.32 Å². The zero-order chi connectivity index (χ0) is 18.5. The van der Waals surface area contributed by atoms with Gasteiger partial charge in [0, 0.05) is 41.5 Å². The van der Waals surface area contributed by atoms with Crippen molar-refractivity contribution in [2.45, 2.75) is 45.8 Å². The van der Waals surface area contributed by atoms with E-state index in [4.69, 9.17) is 0 Å². The molecule has 0 aliphatic carbocycles. The summed E-state index contributed by atoms with van der Waals surface area (Å²) in [5.74, 6) is 0. The van der Waals surface area contributed by atoms with Gasteiger partial charge in [-0.05, 0) is 44.2 Å². The molecular formula is C19H22F2N4S. The summed E-state index contributed by atoms with van der Waals surface area (Å²) in [6, 6.07) is 12.2. The number of alkyl halides is 2. The Hall–Kier alpha value is -2.12. The van der Waals surface area contributed by atoms with E-state index >= 15 is 0 Å². The lowest BCUT2D eigenvalue weighted by Gasteiger charge is -2.12. The zero-order valence-corrected chi connectivity index (χ0v) is 15.6. The molecule has 0 aliphatic rings. The van der Waals surface area contributed by atoms with Gasteiger partial charge in [-0.25, -0.2) is 8.78 Å². The molecule has 0 amide bonds. The summed E-state index contributed by atoms with van der Waals surface area (Å²) in [4.78, 5) is 6.71. The summed E-state index contributed by atoms with van der Waals surface area (Å²) in [6.45, 7) is 4.53. The van der Waals surface area contributed by atoms with E-state index in [9.17, 15) is 8.78 Å². The van der Waals surface area contributed by atoms with Gasteiger partial charge in [0.1, 0.15) is 12.2 Å². The third kappa shape index (κ3) is 5.19. The molecule has 0 spiro atoms. The highest BCUT2D eigenvalue weighted by molar-refractivity contribution is 7.15. The molecule has 3 heterocycles. The number of nitrogens with zero attached hydrogens (tertiary/aromatic N) is 3. The van der Waals surface area contributed by atoms with Gasteiger partial charge < -0.3 is 5.32 Å². The molecule has 0 saturated heterocycles. The topological polar surface area (TPSA) is 42.7 Å². The maximum absolute atomic E-state index is 12.4. The lowest BCUT2D eigenvalue weighted by Crippen LogP contribution is -2.27. The number of thiophene rings is 1. The summed E-state index contributed by atoms with van der Waals surface area (Å²) >= 11 is 1.63. The van der Waals surface area contributed by atoms with Crippen LogP contribution in [0.3, 0.4) is 0 Å². The predicted molar refractivity (Wildman–Crippen MR) is 101 cm³/mol. The van der Waals surface area contributed by atoms with Gasteiger partial charge in [0.2, 0.25) is 0 Å². The van der Waals surface area contributed by atoms with Crippen molar-refractivity contribution in [1.29, 1.82) is 0 Å². The SMILES string of the molecule is Cc1cccc(C[C@@H](C)NCc2ccc(-c3ccn(CC(F)F)n3)s2)n1. The average molecular weight is 376 g/mol. The maximum Gasteiger partial charge on any atom is 0.257 e. The Morgan fingerprint density at radius 2 is 2.04 bits per heavy atom. The van der Waals surface area contributed by atoms with Gasteiger partial charge in [-0.2, -0.15) is 5.10 Å². The standard InChI is InChI=1S/C19H22F2N4S/c1-13-4-3-5-15(23-13)10-14(2)22-11-16-6-7-18(26-16)17-8-9-25(24-17)12-19(20)21/h3-9,14,19,22H,10-12H2,1-2H3/t14-/m1/s1. The van der Waals surface area contributed by atoms with Crippen LogP contribution in [0, 0.1) is 6.92 Å². The quantitative estimate of drug-likeness (QED) is 0.637. The van der Waals surface area contributed by atoms with Crippen LogP contribution in [0.1, 0.15) is 23.2 Å². The third-order valence-corrected chi connectivity index (χ3v) is 5.07. The number of hydrogen-bond donors (Lipinski definition) is 1. The molecule has 4 nitrogen and oxygen atoms in total. The molecule has 138 valence electrons. The van der Waals surface area contributed by atoms with Crippen LogP contribution in [0.5, 0.6) is 0 Å². The molecular weight excluding hydrogens is 354 g/mol. The Bertz CT molecular complexity index is 843. The first-order valence-electron chi connectivity index (χ1n) is 8.56. The molecule has 0 fully saturated rings. The fraction of sp³-hybridized carbons (Fsp3) is 0.368. The number of hydrogen-bond acceptors (Lipinski definition) is 4. The predicted octanol–water partition coefficient (Wildman–Crippen LogP) is 4.30. The summed E-state index contributed by atoms with van der Waals surface area (Å²) < 4.78 is 26.1. The summed E-state index contributed by atoms with van der Waals surface area (Å²) in [5, 5.41) is 7.72. The van der Waals surface area contributed by atoms with Crippen LogP contribution in [0.25, 0.3) is 10.6 Å². The van der Waals surface area contributed by atoms with Gasteiger partial charge in [0.25, 0.3) is 6.43 Å². The van der Waals surface area contributed by atoms with Crippen molar-refractivity contribution in [2.24, 2.45) is 0 Å². The third-order valence-electron chi connectivity index (χ3n) is 3.97. The second kappa shape index (κ2) is 8.51. The highest BCUT2D eigenvalue weighted by Crippen LogP contribution is 2.26.